The number of rotatable bonds is 1. The minimum atomic E-state index is -1.07. The fraction of sp³-hybridized carbons (Fsp3) is 0.250. The highest BCUT2D eigenvalue weighted by Gasteiger charge is 2.10. The zero-order valence-electron chi connectivity index (χ0n) is 7.72. The maximum Gasteiger partial charge on any atom is 0.356 e. The fourth-order valence-electron chi connectivity index (χ4n) is 1.25. The van der Waals surface area contributed by atoms with Gasteiger partial charge in [-0.1, -0.05) is 0 Å². The Balaban J connectivity index is 2.77. The molecule has 0 saturated carbocycles. The second-order valence-corrected chi connectivity index (χ2v) is 2.94. The number of carboxylic acid groups (broad SMARTS) is 1. The Kier molecular flexibility index (Phi) is 1.70. The van der Waals surface area contributed by atoms with Gasteiger partial charge in [-0.05, 0) is 13.8 Å². The molecule has 14 heavy (non-hydrogen) atoms. The highest BCUT2D eigenvalue weighted by Crippen LogP contribution is 2.06. The van der Waals surface area contributed by atoms with E-state index < -0.39 is 5.97 Å². The third kappa shape index (κ3) is 1.20. The second kappa shape index (κ2) is 2.76. The summed E-state index contributed by atoms with van der Waals surface area (Å²) in [5.41, 5.74) is 1.12. The van der Waals surface area contributed by atoms with Gasteiger partial charge in [0.15, 0.2) is 11.3 Å². The van der Waals surface area contributed by atoms with E-state index in [0.717, 1.165) is 0 Å². The smallest absolute Gasteiger partial charge is 0.356 e. The van der Waals surface area contributed by atoms with Crippen molar-refractivity contribution in [3.63, 3.8) is 0 Å². The molecule has 0 bridgehead atoms. The van der Waals surface area contributed by atoms with Crippen molar-refractivity contribution >= 4 is 11.6 Å². The Morgan fingerprint density at radius 2 is 2.14 bits per heavy atom. The topological polar surface area (TPSA) is 80.4 Å². The average molecular weight is 192 g/mol. The highest BCUT2D eigenvalue weighted by molar-refractivity contribution is 5.85. The first-order valence-electron chi connectivity index (χ1n) is 4.02. The molecule has 0 radical (unpaired) electrons. The number of hydrogen-bond donors (Lipinski definition) is 1. The first-order chi connectivity index (χ1) is 6.58. The van der Waals surface area contributed by atoms with Crippen molar-refractivity contribution in [1.82, 2.24) is 19.6 Å². The SMILES string of the molecule is Cc1nc2c(C)nc(C(=O)O)cn2n1. The van der Waals surface area contributed by atoms with E-state index >= 15 is 0 Å². The Morgan fingerprint density at radius 1 is 1.43 bits per heavy atom. The molecule has 0 aliphatic carbocycles. The molecule has 0 aromatic carbocycles. The zero-order valence-corrected chi connectivity index (χ0v) is 7.72. The van der Waals surface area contributed by atoms with Crippen molar-refractivity contribution in [2.45, 2.75) is 13.8 Å². The van der Waals surface area contributed by atoms with Crippen molar-refractivity contribution in [2.24, 2.45) is 0 Å². The summed E-state index contributed by atoms with van der Waals surface area (Å²) < 4.78 is 1.43. The van der Waals surface area contributed by atoms with Gasteiger partial charge in [0.1, 0.15) is 5.82 Å². The van der Waals surface area contributed by atoms with Crippen LogP contribution >= 0.6 is 0 Å². The third-order valence-corrected chi connectivity index (χ3v) is 1.81. The summed E-state index contributed by atoms with van der Waals surface area (Å²) in [7, 11) is 0. The Hall–Kier alpha value is -1.98. The normalized spacial score (nSPS) is 10.7. The molecule has 6 nitrogen and oxygen atoms in total. The molecular formula is C8H8N4O2. The van der Waals surface area contributed by atoms with E-state index in [1.165, 1.54) is 10.7 Å². The highest BCUT2D eigenvalue weighted by atomic mass is 16.4. The van der Waals surface area contributed by atoms with Crippen LogP contribution in [-0.2, 0) is 0 Å². The summed E-state index contributed by atoms with van der Waals surface area (Å²) in [5, 5.41) is 12.8. The van der Waals surface area contributed by atoms with Gasteiger partial charge in [-0.3, -0.25) is 0 Å². The molecule has 0 aliphatic rings. The Bertz CT molecular complexity index is 517. The van der Waals surface area contributed by atoms with Gasteiger partial charge in [0, 0.05) is 0 Å². The van der Waals surface area contributed by atoms with Crippen LogP contribution in [0.4, 0.5) is 0 Å². The van der Waals surface area contributed by atoms with Gasteiger partial charge < -0.3 is 5.11 Å². The first kappa shape index (κ1) is 8.61. The maximum absolute atomic E-state index is 10.7. The summed E-state index contributed by atoms with van der Waals surface area (Å²) in [6, 6.07) is 0. The van der Waals surface area contributed by atoms with Crippen LogP contribution in [0.25, 0.3) is 5.65 Å². The lowest BCUT2D eigenvalue weighted by molar-refractivity contribution is 0.0689. The first-order valence-corrected chi connectivity index (χ1v) is 4.02. The van der Waals surface area contributed by atoms with Gasteiger partial charge in [0.05, 0.1) is 11.9 Å². The molecular weight excluding hydrogens is 184 g/mol. The monoisotopic (exact) mass is 192 g/mol. The van der Waals surface area contributed by atoms with Crippen molar-refractivity contribution in [3.05, 3.63) is 23.4 Å². The molecule has 2 rings (SSSR count). The largest absolute Gasteiger partial charge is 0.476 e. The number of hydrogen-bond acceptors (Lipinski definition) is 4. The van der Waals surface area contributed by atoms with E-state index in [0.29, 0.717) is 17.2 Å². The molecule has 0 saturated heterocycles. The molecule has 72 valence electrons. The molecule has 0 spiro atoms. The fourth-order valence-corrected chi connectivity index (χ4v) is 1.25. The van der Waals surface area contributed by atoms with Crippen LogP contribution in [0.5, 0.6) is 0 Å². The van der Waals surface area contributed by atoms with E-state index in [1.807, 2.05) is 0 Å². The molecule has 1 N–H and O–H groups in total. The number of aromatic nitrogens is 4. The number of aryl methyl sites for hydroxylation is 2. The predicted molar refractivity (Wildman–Crippen MR) is 47.2 cm³/mol. The quantitative estimate of drug-likeness (QED) is 0.709. The molecule has 0 fully saturated rings. The van der Waals surface area contributed by atoms with E-state index in [2.05, 4.69) is 15.1 Å². The molecule has 2 aromatic heterocycles. The van der Waals surface area contributed by atoms with Crippen molar-refractivity contribution in [2.75, 3.05) is 0 Å². The van der Waals surface area contributed by atoms with Gasteiger partial charge in [-0.2, -0.15) is 5.10 Å². The van der Waals surface area contributed by atoms with Crippen LogP contribution in [0, 0.1) is 13.8 Å². The van der Waals surface area contributed by atoms with Crippen molar-refractivity contribution < 1.29 is 9.90 Å². The lowest BCUT2D eigenvalue weighted by Crippen LogP contribution is -2.05. The lowest BCUT2D eigenvalue weighted by Gasteiger charge is -1.97. The van der Waals surface area contributed by atoms with Crippen molar-refractivity contribution in [3.8, 4) is 0 Å². The summed E-state index contributed by atoms with van der Waals surface area (Å²) in [4.78, 5) is 18.7. The summed E-state index contributed by atoms with van der Waals surface area (Å²) in [6.07, 6.45) is 1.35. The van der Waals surface area contributed by atoms with Crippen molar-refractivity contribution in [1.29, 1.82) is 0 Å². The summed E-state index contributed by atoms with van der Waals surface area (Å²) in [5.74, 6) is -0.472. The van der Waals surface area contributed by atoms with Crippen LogP contribution in [0.2, 0.25) is 0 Å². The second-order valence-electron chi connectivity index (χ2n) is 2.94. The van der Waals surface area contributed by atoms with Crippen LogP contribution in [0.1, 0.15) is 22.0 Å². The van der Waals surface area contributed by atoms with E-state index in [4.69, 9.17) is 5.11 Å². The van der Waals surface area contributed by atoms with Crippen LogP contribution < -0.4 is 0 Å². The molecule has 2 heterocycles. The maximum atomic E-state index is 10.7. The van der Waals surface area contributed by atoms with Gasteiger partial charge in [0.25, 0.3) is 0 Å². The van der Waals surface area contributed by atoms with E-state index in [-0.39, 0.29) is 5.69 Å². The minimum Gasteiger partial charge on any atom is -0.476 e. The number of aromatic carboxylic acids is 1. The molecule has 0 aliphatic heterocycles. The standard InChI is InChI=1S/C8H8N4O2/c1-4-7-10-5(2)11-12(7)3-6(9-4)8(13)14/h3H,1-2H3,(H,13,14). The average Bonchev–Trinajstić information content (AvgIpc) is 2.45. The lowest BCUT2D eigenvalue weighted by atomic mass is 10.4. The predicted octanol–water partition coefficient (Wildman–Crippen LogP) is 0.439. The molecule has 0 atom stereocenters. The van der Waals surface area contributed by atoms with Crippen LogP contribution in [0.3, 0.4) is 0 Å². The molecule has 2 aromatic rings. The van der Waals surface area contributed by atoms with E-state index in [1.54, 1.807) is 13.8 Å². The minimum absolute atomic E-state index is 0.0279. The third-order valence-electron chi connectivity index (χ3n) is 1.81. The Morgan fingerprint density at radius 3 is 2.79 bits per heavy atom. The molecule has 0 amide bonds. The Labute approximate surface area is 79.2 Å². The number of carboxylic acids is 1. The molecule has 0 unspecified atom stereocenters. The zero-order chi connectivity index (χ0) is 10.3. The van der Waals surface area contributed by atoms with Gasteiger partial charge in [0.2, 0.25) is 0 Å². The summed E-state index contributed by atoms with van der Waals surface area (Å²) >= 11 is 0. The van der Waals surface area contributed by atoms with Crippen LogP contribution in [-0.4, -0.2) is 30.7 Å². The van der Waals surface area contributed by atoms with Crippen LogP contribution in [0.15, 0.2) is 6.20 Å². The van der Waals surface area contributed by atoms with E-state index in [9.17, 15) is 4.79 Å². The van der Waals surface area contributed by atoms with Gasteiger partial charge in [-0.15, -0.1) is 0 Å². The van der Waals surface area contributed by atoms with Gasteiger partial charge in [-0.25, -0.2) is 19.3 Å². The number of fused-ring (bicyclic) bond motifs is 1. The number of carbonyl (C=O) groups is 1. The summed E-state index contributed by atoms with van der Waals surface area (Å²) in [6.45, 7) is 3.45. The molecule has 6 heteroatoms. The number of nitrogens with zero attached hydrogens (tertiary/aromatic N) is 4. The van der Waals surface area contributed by atoms with Gasteiger partial charge >= 0.3 is 5.97 Å².